The van der Waals surface area contributed by atoms with Crippen molar-refractivity contribution in [3.63, 3.8) is 0 Å². The number of hydrogen-bond donors (Lipinski definition) is 2. The topological polar surface area (TPSA) is 46.1 Å². The fourth-order valence-corrected chi connectivity index (χ4v) is 2.69. The lowest BCUT2D eigenvalue weighted by Crippen LogP contribution is -2.29. The Morgan fingerprint density at radius 1 is 0.958 bits per heavy atom. The summed E-state index contributed by atoms with van der Waals surface area (Å²) in [6, 6.07) is 21.5. The number of nitrogens with zero attached hydrogens (tertiary/aromatic N) is 1. The highest BCUT2D eigenvalue weighted by atomic mass is 79.9. The molecule has 5 heteroatoms. The Balaban J connectivity index is 1.56. The minimum Gasteiger partial charge on any atom is -0.345 e. The zero-order valence-electron chi connectivity index (χ0n) is 13.1. The van der Waals surface area contributed by atoms with Crippen LogP contribution in [0.4, 0.5) is 10.5 Å². The first-order valence-corrected chi connectivity index (χ1v) is 8.48. The molecule has 0 saturated carbocycles. The molecule has 0 aliphatic heterocycles. The molecule has 122 valence electrons. The van der Waals surface area contributed by atoms with Gasteiger partial charge in [-0.1, -0.05) is 46.3 Å². The van der Waals surface area contributed by atoms with Crippen molar-refractivity contribution in [1.82, 2.24) is 9.88 Å². The number of nitrogens with one attached hydrogen (secondary N) is 2. The van der Waals surface area contributed by atoms with Gasteiger partial charge < -0.3 is 15.2 Å². The normalized spacial score (nSPS) is 10.4. The molecule has 0 fully saturated rings. The molecular weight excluding hydrogens is 366 g/mol. The fourth-order valence-electron chi connectivity index (χ4n) is 2.42. The van der Waals surface area contributed by atoms with E-state index in [-0.39, 0.29) is 6.03 Å². The zero-order valence-corrected chi connectivity index (χ0v) is 14.7. The van der Waals surface area contributed by atoms with E-state index in [0.29, 0.717) is 6.54 Å². The number of amides is 2. The molecule has 0 radical (unpaired) electrons. The molecule has 0 saturated heterocycles. The second-order valence-corrected chi connectivity index (χ2v) is 6.34. The van der Waals surface area contributed by atoms with E-state index in [4.69, 9.17) is 0 Å². The second kappa shape index (κ2) is 7.84. The SMILES string of the molecule is O=C(NCc1cccn1Cc1ccccc1)Nc1ccc(Br)cc1. The largest absolute Gasteiger partial charge is 0.345 e. The zero-order chi connectivity index (χ0) is 16.8. The van der Waals surface area contributed by atoms with E-state index in [1.807, 2.05) is 60.8 Å². The van der Waals surface area contributed by atoms with E-state index >= 15 is 0 Å². The van der Waals surface area contributed by atoms with E-state index in [1.165, 1.54) is 5.56 Å². The number of anilines is 1. The van der Waals surface area contributed by atoms with Gasteiger partial charge in [-0.2, -0.15) is 0 Å². The summed E-state index contributed by atoms with van der Waals surface area (Å²) in [7, 11) is 0. The molecular formula is C19H18BrN3O. The minimum atomic E-state index is -0.218. The molecule has 0 aliphatic carbocycles. The number of rotatable bonds is 5. The Hall–Kier alpha value is -2.53. The molecule has 2 amide bonds. The van der Waals surface area contributed by atoms with Crippen LogP contribution in [0.2, 0.25) is 0 Å². The standard InChI is InChI=1S/C19H18BrN3O/c20-16-8-10-17(11-9-16)22-19(24)21-13-18-7-4-12-23(18)14-15-5-2-1-3-6-15/h1-12H,13-14H2,(H2,21,22,24). The highest BCUT2D eigenvalue weighted by Gasteiger charge is 2.05. The first-order chi connectivity index (χ1) is 11.7. The molecule has 0 bridgehead atoms. The molecule has 1 aromatic heterocycles. The number of benzene rings is 2. The van der Waals surface area contributed by atoms with Crippen LogP contribution >= 0.6 is 15.9 Å². The summed E-state index contributed by atoms with van der Waals surface area (Å²) in [5.74, 6) is 0. The van der Waals surface area contributed by atoms with Gasteiger partial charge in [0.2, 0.25) is 0 Å². The summed E-state index contributed by atoms with van der Waals surface area (Å²) in [4.78, 5) is 12.0. The number of hydrogen-bond acceptors (Lipinski definition) is 1. The number of carbonyl (C=O) groups excluding carboxylic acids is 1. The smallest absolute Gasteiger partial charge is 0.319 e. The molecule has 0 aliphatic rings. The third kappa shape index (κ3) is 4.49. The van der Waals surface area contributed by atoms with Crippen molar-refractivity contribution < 1.29 is 4.79 Å². The number of urea groups is 1. The Bertz CT molecular complexity index is 797. The van der Waals surface area contributed by atoms with Crippen LogP contribution in [-0.4, -0.2) is 10.6 Å². The molecule has 2 N–H and O–H groups in total. The fraction of sp³-hybridized carbons (Fsp3) is 0.105. The summed E-state index contributed by atoms with van der Waals surface area (Å²) >= 11 is 3.37. The average molecular weight is 384 g/mol. The number of halogens is 1. The van der Waals surface area contributed by atoms with Crippen LogP contribution in [0.1, 0.15) is 11.3 Å². The summed E-state index contributed by atoms with van der Waals surface area (Å²) in [6.45, 7) is 1.27. The average Bonchev–Trinajstić information content (AvgIpc) is 3.03. The summed E-state index contributed by atoms with van der Waals surface area (Å²) < 4.78 is 3.11. The first-order valence-electron chi connectivity index (χ1n) is 7.69. The van der Waals surface area contributed by atoms with Gasteiger partial charge in [-0.15, -0.1) is 0 Å². The van der Waals surface area contributed by atoms with E-state index in [1.54, 1.807) is 0 Å². The Morgan fingerprint density at radius 2 is 1.71 bits per heavy atom. The van der Waals surface area contributed by atoms with E-state index in [2.05, 4.69) is 43.3 Å². The van der Waals surface area contributed by atoms with Crippen molar-refractivity contribution in [1.29, 1.82) is 0 Å². The van der Waals surface area contributed by atoms with Gasteiger partial charge in [-0.25, -0.2) is 4.79 Å². The van der Waals surface area contributed by atoms with Gasteiger partial charge in [0.05, 0.1) is 6.54 Å². The molecule has 3 rings (SSSR count). The van der Waals surface area contributed by atoms with E-state index < -0.39 is 0 Å². The Labute approximate surface area is 149 Å². The van der Waals surface area contributed by atoms with Gasteiger partial charge in [0.1, 0.15) is 0 Å². The quantitative estimate of drug-likeness (QED) is 0.663. The molecule has 4 nitrogen and oxygen atoms in total. The van der Waals surface area contributed by atoms with Gasteiger partial charge in [0, 0.05) is 28.6 Å². The lowest BCUT2D eigenvalue weighted by Gasteiger charge is -2.11. The molecule has 24 heavy (non-hydrogen) atoms. The molecule has 3 aromatic rings. The van der Waals surface area contributed by atoms with E-state index in [0.717, 1.165) is 22.4 Å². The summed E-state index contributed by atoms with van der Waals surface area (Å²) in [6.07, 6.45) is 2.02. The number of carbonyl (C=O) groups is 1. The van der Waals surface area contributed by atoms with Crippen molar-refractivity contribution in [3.8, 4) is 0 Å². The van der Waals surface area contributed by atoms with Crippen LogP contribution in [-0.2, 0) is 13.1 Å². The van der Waals surface area contributed by atoms with Gasteiger partial charge in [-0.05, 0) is 42.0 Å². The lowest BCUT2D eigenvalue weighted by atomic mass is 10.2. The van der Waals surface area contributed by atoms with E-state index in [9.17, 15) is 4.79 Å². The van der Waals surface area contributed by atoms with Crippen LogP contribution in [0.25, 0.3) is 0 Å². The van der Waals surface area contributed by atoms with Crippen molar-refractivity contribution >= 4 is 27.6 Å². The van der Waals surface area contributed by atoms with Crippen LogP contribution in [0.3, 0.4) is 0 Å². The summed E-state index contributed by atoms with van der Waals surface area (Å²) in [5.41, 5.74) is 3.05. The van der Waals surface area contributed by atoms with Crippen molar-refractivity contribution in [3.05, 3.63) is 88.7 Å². The second-order valence-electron chi connectivity index (χ2n) is 5.43. The first kappa shape index (κ1) is 16.3. The number of aromatic nitrogens is 1. The minimum absolute atomic E-state index is 0.218. The van der Waals surface area contributed by atoms with Crippen molar-refractivity contribution in [2.75, 3.05) is 5.32 Å². The van der Waals surface area contributed by atoms with Crippen molar-refractivity contribution in [2.45, 2.75) is 13.1 Å². The Kier molecular flexibility index (Phi) is 5.33. The maximum Gasteiger partial charge on any atom is 0.319 e. The summed E-state index contributed by atoms with van der Waals surface area (Å²) in [5, 5.41) is 5.71. The van der Waals surface area contributed by atoms with Crippen molar-refractivity contribution in [2.24, 2.45) is 0 Å². The van der Waals surface area contributed by atoms with Gasteiger partial charge >= 0.3 is 6.03 Å². The highest BCUT2D eigenvalue weighted by molar-refractivity contribution is 9.10. The van der Waals surface area contributed by atoms with Gasteiger partial charge in [0.25, 0.3) is 0 Å². The molecule has 1 heterocycles. The molecule has 0 spiro atoms. The highest BCUT2D eigenvalue weighted by Crippen LogP contribution is 2.14. The van der Waals surface area contributed by atoms with Gasteiger partial charge in [0.15, 0.2) is 0 Å². The van der Waals surface area contributed by atoms with Crippen LogP contribution in [0.15, 0.2) is 77.4 Å². The molecule has 0 atom stereocenters. The third-order valence-corrected chi connectivity index (χ3v) is 4.18. The maximum atomic E-state index is 12.0. The van der Waals surface area contributed by atoms with Gasteiger partial charge in [-0.3, -0.25) is 0 Å². The predicted octanol–water partition coefficient (Wildman–Crippen LogP) is 4.62. The third-order valence-electron chi connectivity index (χ3n) is 3.65. The molecule has 2 aromatic carbocycles. The van der Waals surface area contributed by atoms with Crippen LogP contribution in [0.5, 0.6) is 0 Å². The lowest BCUT2D eigenvalue weighted by molar-refractivity contribution is 0.251. The van der Waals surface area contributed by atoms with Crippen LogP contribution in [0, 0.1) is 0 Å². The monoisotopic (exact) mass is 383 g/mol. The molecule has 0 unspecified atom stereocenters. The van der Waals surface area contributed by atoms with Crippen LogP contribution < -0.4 is 10.6 Å². The Morgan fingerprint density at radius 3 is 2.46 bits per heavy atom. The predicted molar refractivity (Wildman–Crippen MR) is 100.0 cm³/mol. The maximum absolute atomic E-state index is 12.0.